The first-order valence-electron chi connectivity index (χ1n) is 6.70. The summed E-state index contributed by atoms with van der Waals surface area (Å²) >= 11 is 4.83. The van der Waals surface area contributed by atoms with Crippen molar-refractivity contribution in [2.24, 2.45) is 5.73 Å². The molecular formula is C16H16N2O3S. The van der Waals surface area contributed by atoms with Crippen molar-refractivity contribution < 1.29 is 9.66 Å². The highest BCUT2D eigenvalue weighted by Gasteiger charge is 2.16. The molecule has 0 saturated carbocycles. The van der Waals surface area contributed by atoms with Gasteiger partial charge in [0.15, 0.2) is 5.75 Å². The van der Waals surface area contributed by atoms with Crippen LogP contribution in [0, 0.1) is 17.0 Å². The predicted octanol–water partition coefficient (Wildman–Crippen LogP) is 3.31. The van der Waals surface area contributed by atoms with Crippen molar-refractivity contribution >= 4 is 22.9 Å². The van der Waals surface area contributed by atoms with Gasteiger partial charge in [-0.25, -0.2) is 0 Å². The summed E-state index contributed by atoms with van der Waals surface area (Å²) < 4.78 is 5.62. The SMILES string of the molecule is Cc1ccccc1COc1ccc(CC(N)=S)cc1[N+](=O)[O-]. The summed E-state index contributed by atoms with van der Waals surface area (Å²) in [5.41, 5.74) is 8.15. The van der Waals surface area contributed by atoms with Gasteiger partial charge in [0.05, 0.1) is 9.91 Å². The Hall–Kier alpha value is -2.47. The van der Waals surface area contributed by atoms with Gasteiger partial charge < -0.3 is 10.5 Å². The van der Waals surface area contributed by atoms with E-state index in [1.54, 1.807) is 12.1 Å². The van der Waals surface area contributed by atoms with E-state index in [4.69, 9.17) is 22.7 Å². The first kappa shape index (κ1) is 15.9. The molecule has 0 heterocycles. The number of nitrogens with two attached hydrogens (primary N) is 1. The topological polar surface area (TPSA) is 78.4 Å². The highest BCUT2D eigenvalue weighted by Crippen LogP contribution is 2.29. The predicted molar refractivity (Wildman–Crippen MR) is 89.1 cm³/mol. The normalized spacial score (nSPS) is 10.2. The highest BCUT2D eigenvalue weighted by molar-refractivity contribution is 7.80. The molecule has 0 aromatic heterocycles. The smallest absolute Gasteiger partial charge is 0.311 e. The number of hydrogen-bond donors (Lipinski definition) is 1. The lowest BCUT2D eigenvalue weighted by Crippen LogP contribution is -2.11. The molecule has 2 rings (SSSR count). The van der Waals surface area contributed by atoms with E-state index < -0.39 is 4.92 Å². The summed E-state index contributed by atoms with van der Waals surface area (Å²) in [6.07, 6.45) is 0.328. The van der Waals surface area contributed by atoms with Gasteiger partial charge in [-0.3, -0.25) is 10.1 Å². The maximum Gasteiger partial charge on any atom is 0.311 e. The van der Waals surface area contributed by atoms with Crippen molar-refractivity contribution in [3.05, 3.63) is 69.3 Å². The number of hydrogen-bond acceptors (Lipinski definition) is 4. The van der Waals surface area contributed by atoms with Crippen molar-refractivity contribution in [3.63, 3.8) is 0 Å². The summed E-state index contributed by atoms with van der Waals surface area (Å²) in [5, 5.41) is 11.2. The van der Waals surface area contributed by atoms with E-state index in [2.05, 4.69) is 0 Å². The second kappa shape index (κ2) is 7.00. The van der Waals surface area contributed by atoms with E-state index in [-0.39, 0.29) is 18.0 Å². The third kappa shape index (κ3) is 4.02. The molecule has 2 N–H and O–H groups in total. The van der Waals surface area contributed by atoms with E-state index in [9.17, 15) is 10.1 Å². The molecule has 0 bridgehead atoms. The Morgan fingerprint density at radius 3 is 2.68 bits per heavy atom. The van der Waals surface area contributed by atoms with Crippen LogP contribution in [0.4, 0.5) is 5.69 Å². The number of nitro benzene ring substituents is 1. The van der Waals surface area contributed by atoms with Gasteiger partial charge in [-0.05, 0) is 29.7 Å². The maximum atomic E-state index is 11.2. The number of nitro groups is 1. The molecule has 0 atom stereocenters. The zero-order valence-electron chi connectivity index (χ0n) is 12.1. The molecule has 0 radical (unpaired) electrons. The molecule has 0 saturated heterocycles. The molecule has 2 aromatic carbocycles. The van der Waals surface area contributed by atoms with Gasteiger partial charge in [0.25, 0.3) is 0 Å². The van der Waals surface area contributed by atoms with Gasteiger partial charge >= 0.3 is 5.69 Å². The molecule has 0 fully saturated rings. The quantitative estimate of drug-likeness (QED) is 0.502. The number of ether oxygens (including phenoxy) is 1. The van der Waals surface area contributed by atoms with Crippen LogP contribution in [0.1, 0.15) is 16.7 Å². The summed E-state index contributed by atoms with van der Waals surface area (Å²) in [6.45, 7) is 2.25. The molecule has 0 aliphatic carbocycles. The van der Waals surface area contributed by atoms with Gasteiger partial charge in [0.2, 0.25) is 0 Å². The fourth-order valence-corrected chi connectivity index (χ4v) is 2.23. The van der Waals surface area contributed by atoms with Crippen LogP contribution in [0.3, 0.4) is 0 Å². The van der Waals surface area contributed by atoms with Crippen molar-refractivity contribution in [1.29, 1.82) is 0 Å². The second-order valence-electron chi connectivity index (χ2n) is 4.92. The number of benzene rings is 2. The summed E-state index contributed by atoms with van der Waals surface area (Å²) in [4.78, 5) is 11.0. The van der Waals surface area contributed by atoms with Crippen molar-refractivity contribution in [2.45, 2.75) is 20.0 Å². The van der Waals surface area contributed by atoms with E-state index in [1.165, 1.54) is 6.07 Å². The minimum Gasteiger partial charge on any atom is -0.482 e. The number of thiocarbonyl (C=S) groups is 1. The van der Waals surface area contributed by atoms with Gasteiger partial charge in [-0.1, -0.05) is 42.5 Å². The monoisotopic (exact) mass is 316 g/mol. The van der Waals surface area contributed by atoms with Gasteiger partial charge in [0, 0.05) is 12.5 Å². The lowest BCUT2D eigenvalue weighted by molar-refractivity contribution is -0.386. The lowest BCUT2D eigenvalue weighted by atomic mass is 10.1. The Kier molecular flexibility index (Phi) is 5.06. The molecule has 0 amide bonds. The third-order valence-electron chi connectivity index (χ3n) is 3.24. The molecule has 6 heteroatoms. The molecular weight excluding hydrogens is 300 g/mol. The first-order chi connectivity index (χ1) is 10.5. The molecule has 0 aliphatic rings. The maximum absolute atomic E-state index is 11.2. The zero-order valence-corrected chi connectivity index (χ0v) is 12.9. The number of nitrogens with zero attached hydrogens (tertiary/aromatic N) is 1. The molecule has 0 aliphatic heterocycles. The van der Waals surface area contributed by atoms with Gasteiger partial charge in [0.1, 0.15) is 6.61 Å². The van der Waals surface area contributed by atoms with Crippen LogP contribution < -0.4 is 10.5 Å². The Balaban J connectivity index is 2.21. The minimum atomic E-state index is -0.462. The van der Waals surface area contributed by atoms with Crippen LogP contribution in [0.25, 0.3) is 0 Å². The third-order valence-corrected chi connectivity index (χ3v) is 3.39. The van der Waals surface area contributed by atoms with Crippen LogP contribution in [-0.2, 0) is 13.0 Å². The van der Waals surface area contributed by atoms with Crippen LogP contribution in [0.15, 0.2) is 42.5 Å². The molecule has 0 unspecified atom stereocenters. The van der Waals surface area contributed by atoms with Gasteiger partial charge in [-0.15, -0.1) is 0 Å². The molecule has 5 nitrogen and oxygen atoms in total. The fraction of sp³-hybridized carbons (Fsp3) is 0.188. The minimum absolute atomic E-state index is 0.0812. The lowest BCUT2D eigenvalue weighted by Gasteiger charge is -2.10. The number of aryl methyl sites for hydroxylation is 1. The van der Waals surface area contributed by atoms with Crippen molar-refractivity contribution in [2.75, 3.05) is 0 Å². The Morgan fingerprint density at radius 1 is 1.32 bits per heavy atom. The van der Waals surface area contributed by atoms with Crippen LogP contribution in [0.5, 0.6) is 5.75 Å². The van der Waals surface area contributed by atoms with E-state index in [0.717, 1.165) is 11.1 Å². The average molecular weight is 316 g/mol. The number of rotatable bonds is 6. The Bertz CT molecular complexity index is 716. The standard InChI is InChI=1S/C16H16N2O3S/c1-11-4-2-3-5-13(11)10-21-15-7-6-12(9-16(17)22)8-14(15)18(19)20/h2-8H,9-10H2,1H3,(H2,17,22). The van der Waals surface area contributed by atoms with Crippen LogP contribution in [-0.4, -0.2) is 9.91 Å². The first-order valence-corrected chi connectivity index (χ1v) is 7.11. The summed E-state index contributed by atoms with van der Waals surface area (Å²) in [7, 11) is 0. The van der Waals surface area contributed by atoms with Crippen LogP contribution >= 0.6 is 12.2 Å². The van der Waals surface area contributed by atoms with Crippen LogP contribution in [0.2, 0.25) is 0 Å². The second-order valence-corrected chi connectivity index (χ2v) is 5.44. The Labute approximate surface area is 133 Å². The van der Waals surface area contributed by atoms with E-state index >= 15 is 0 Å². The molecule has 114 valence electrons. The fourth-order valence-electron chi connectivity index (χ4n) is 2.07. The highest BCUT2D eigenvalue weighted by atomic mass is 32.1. The zero-order chi connectivity index (χ0) is 16.1. The van der Waals surface area contributed by atoms with E-state index in [0.29, 0.717) is 17.0 Å². The summed E-state index contributed by atoms with van der Waals surface area (Å²) in [5.74, 6) is 0.236. The molecule has 2 aromatic rings. The van der Waals surface area contributed by atoms with E-state index in [1.807, 2.05) is 31.2 Å². The Morgan fingerprint density at radius 2 is 2.05 bits per heavy atom. The molecule has 22 heavy (non-hydrogen) atoms. The largest absolute Gasteiger partial charge is 0.482 e. The van der Waals surface area contributed by atoms with Gasteiger partial charge in [-0.2, -0.15) is 0 Å². The summed E-state index contributed by atoms with van der Waals surface area (Å²) in [6, 6.07) is 12.5. The average Bonchev–Trinajstić information content (AvgIpc) is 2.46. The van der Waals surface area contributed by atoms with Crippen molar-refractivity contribution in [3.8, 4) is 5.75 Å². The molecule has 0 spiro atoms. The van der Waals surface area contributed by atoms with Crippen molar-refractivity contribution in [1.82, 2.24) is 0 Å².